The second-order valence-electron chi connectivity index (χ2n) is 8.54. The third kappa shape index (κ3) is 6.44. The van der Waals surface area contributed by atoms with E-state index in [2.05, 4.69) is 5.32 Å². The first kappa shape index (κ1) is 29.7. The molecule has 0 bridgehead atoms. The van der Waals surface area contributed by atoms with Crippen molar-refractivity contribution in [2.24, 2.45) is 0 Å². The molecule has 0 unspecified atom stereocenters. The average molecular weight is 578 g/mol. The highest BCUT2D eigenvalue weighted by atomic mass is 32.2. The summed E-state index contributed by atoms with van der Waals surface area (Å²) < 4.78 is 70.4. The molecule has 3 rings (SSSR count). The molecule has 0 fully saturated rings. The fourth-order valence-electron chi connectivity index (χ4n) is 3.59. The zero-order valence-corrected chi connectivity index (χ0v) is 24.1. The lowest BCUT2D eigenvalue weighted by molar-refractivity contribution is -0.114. The van der Waals surface area contributed by atoms with E-state index < -0.39 is 32.5 Å². The molecule has 0 saturated heterocycles. The lowest BCUT2D eigenvalue weighted by Crippen LogP contribution is -2.38. The van der Waals surface area contributed by atoms with Crippen molar-refractivity contribution in [2.45, 2.75) is 16.7 Å². The number of nitrogens with zero attached hydrogens (tertiary/aromatic N) is 2. The van der Waals surface area contributed by atoms with Gasteiger partial charge in [-0.1, -0.05) is 6.07 Å². The molecule has 0 atom stereocenters. The summed E-state index contributed by atoms with van der Waals surface area (Å²) in [5, 5.41) is 2.65. The van der Waals surface area contributed by atoms with Gasteiger partial charge in [-0.15, -0.1) is 0 Å². The van der Waals surface area contributed by atoms with Crippen molar-refractivity contribution in [2.75, 3.05) is 51.6 Å². The number of hydrogen-bond donors (Lipinski definition) is 1. The molecule has 1 N–H and O–H groups in total. The highest BCUT2D eigenvalue weighted by Crippen LogP contribution is 2.33. The number of sulfonamides is 2. The van der Waals surface area contributed by atoms with E-state index >= 15 is 0 Å². The summed E-state index contributed by atoms with van der Waals surface area (Å²) in [6.07, 6.45) is 0. The van der Waals surface area contributed by atoms with E-state index in [0.29, 0.717) is 17.1 Å². The van der Waals surface area contributed by atoms with Gasteiger partial charge in [0, 0.05) is 25.8 Å². The van der Waals surface area contributed by atoms with E-state index in [4.69, 9.17) is 14.2 Å². The SMILES string of the molecule is COc1ccc(N(CC(=O)Nc2cc(S(=O)(=O)N(C)C)ccc2C)S(=O)(=O)c2ccc(OC)c(OC)c2)cc1. The minimum absolute atomic E-state index is 0.0154. The highest BCUT2D eigenvalue weighted by molar-refractivity contribution is 7.92. The lowest BCUT2D eigenvalue weighted by Gasteiger charge is -2.25. The molecule has 13 heteroatoms. The summed E-state index contributed by atoms with van der Waals surface area (Å²) in [5.74, 6) is 0.360. The number of ether oxygens (including phenoxy) is 3. The number of carbonyl (C=O) groups excluding carboxylic acids is 1. The molecule has 39 heavy (non-hydrogen) atoms. The molecule has 0 spiro atoms. The molecular formula is C26H31N3O8S2. The Morgan fingerprint density at radius 2 is 1.36 bits per heavy atom. The van der Waals surface area contributed by atoms with E-state index in [1.807, 2.05) is 0 Å². The maximum absolute atomic E-state index is 13.8. The Morgan fingerprint density at radius 3 is 1.92 bits per heavy atom. The maximum atomic E-state index is 13.8. The standard InChI is InChI=1S/C26H31N3O8S2/c1-18-7-12-21(38(31,32)28(2)3)15-23(18)27-26(30)17-29(19-8-10-20(35-4)11-9-19)39(33,34)22-13-14-24(36-5)25(16-22)37-6/h7-16H,17H2,1-6H3,(H,27,30). The minimum Gasteiger partial charge on any atom is -0.497 e. The van der Waals surface area contributed by atoms with Crippen molar-refractivity contribution in [3.63, 3.8) is 0 Å². The van der Waals surface area contributed by atoms with Crippen molar-refractivity contribution in [1.82, 2.24) is 4.31 Å². The molecule has 0 aromatic heterocycles. The average Bonchev–Trinajstić information content (AvgIpc) is 2.92. The van der Waals surface area contributed by atoms with Gasteiger partial charge in [0.15, 0.2) is 11.5 Å². The van der Waals surface area contributed by atoms with Crippen LogP contribution in [0.1, 0.15) is 5.56 Å². The van der Waals surface area contributed by atoms with E-state index in [1.165, 1.54) is 77.9 Å². The van der Waals surface area contributed by atoms with Gasteiger partial charge in [0.05, 0.1) is 36.8 Å². The Balaban J connectivity index is 2.02. The van der Waals surface area contributed by atoms with Gasteiger partial charge in [0.2, 0.25) is 15.9 Å². The first-order valence-corrected chi connectivity index (χ1v) is 14.4. The summed E-state index contributed by atoms with van der Waals surface area (Å²) in [6, 6.07) is 14.6. The van der Waals surface area contributed by atoms with Crippen LogP contribution in [0.3, 0.4) is 0 Å². The maximum Gasteiger partial charge on any atom is 0.264 e. The number of hydrogen-bond acceptors (Lipinski definition) is 8. The monoisotopic (exact) mass is 577 g/mol. The lowest BCUT2D eigenvalue weighted by atomic mass is 10.2. The number of nitrogens with one attached hydrogen (secondary N) is 1. The Kier molecular flexibility index (Phi) is 9.10. The van der Waals surface area contributed by atoms with Crippen molar-refractivity contribution in [3.8, 4) is 17.2 Å². The zero-order valence-electron chi connectivity index (χ0n) is 22.5. The number of amides is 1. The topological polar surface area (TPSA) is 132 Å². The van der Waals surface area contributed by atoms with Gasteiger partial charge < -0.3 is 19.5 Å². The van der Waals surface area contributed by atoms with Crippen LogP contribution >= 0.6 is 0 Å². The molecule has 0 heterocycles. The van der Waals surface area contributed by atoms with Crippen molar-refractivity contribution < 1.29 is 35.8 Å². The van der Waals surface area contributed by atoms with Gasteiger partial charge in [0.1, 0.15) is 12.3 Å². The molecule has 3 aromatic rings. The van der Waals surface area contributed by atoms with Crippen LogP contribution in [0.25, 0.3) is 0 Å². The first-order valence-electron chi connectivity index (χ1n) is 11.6. The smallest absolute Gasteiger partial charge is 0.264 e. The minimum atomic E-state index is -4.28. The van der Waals surface area contributed by atoms with Gasteiger partial charge in [0.25, 0.3) is 10.0 Å². The van der Waals surface area contributed by atoms with Crippen LogP contribution in [-0.4, -0.2) is 69.0 Å². The largest absolute Gasteiger partial charge is 0.497 e. The third-order valence-electron chi connectivity index (χ3n) is 5.85. The van der Waals surface area contributed by atoms with Crippen molar-refractivity contribution >= 4 is 37.3 Å². The Bertz CT molecular complexity index is 1550. The van der Waals surface area contributed by atoms with Crippen LogP contribution in [0.4, 0.5) is 11.4 Å². The fourth-order valence-corrected chi connectivity index (χ4v) is 5.96. The summed E-state index contributed by atoms with van der Waals surface area (Å²) in [5.41, 5.74) is 1.04. The number of benzene rings is 3. The summed E-state index contributed by atoms with van der Waals surface area (Å²) in [6.45, 7) is 1.09. The number of anilines is 2. The van der Waals surface area contributed by atoms with E-state index in [9.17, 15) is 21.6 Å². The van der Waals surface area contributed by atoms with Crippen molar-refractivity contribution in [1.29, 1.82) is 0 Å². The number of rotatable bonds is 11. The summed E-state index contributed by atoms with van der Waals surface area (Å²) in [7, 11) is -0.933. The van der Waals surface area contributed by atoms with E-state index in [1.54, 1.807) is 25.1 Å². The number of aryl methyl sites for hydroxylation is 1. The van der Waals surface area contributed by atoms with Gasteiger partial charge in [-0.25, -0.2) is 21.1 Å². The molecule has 0 aliphatic carbocycles. The number of methoxy groups -OCH3 is 3. The quantitative estimate of drug-likeness (QED) is 0.368. The van der Waals surface area contributed by atoms with Gasteiger partial charge in [-0.05, 0) is 61.0 Å². The van der Waals surface area contributed by atoms with E-state index in [0.717, 1.165) is 8.61 Å². The van der Waals surface area contributed by atoms with Crippen LogP contribution in [0.15, 0.2) is 70.5 Å². The van der Waals surface area contributed by atoms with Crippen LogP contribution in [-0.2, 0) is 24.8 Å². The molecule has 1 amide bonds. The van der Waals surface area contributed by atoms with Gasteiger partial charge in [-0.2, -0.15) is 0 Å². The second kappa shape index (κ2) is 11.9. The fraction of sp³-hybridized carbons (Fsp3) is 0.269. The predicted octanol–water partition coefficient (Wildman–Crippen LogP) is 3.11. The zero-order chi connectivity index (χ0) is 29.0. The highest BCUT2D eigenvalue weighted by Gasteiger charge is 2.29. The Morgan fingerprint density at radius 1 is 0.769 bits per heavy atom. The second-order valence-corrected chi connectivity index (χ2v) is 12.6. The third-order valence-corrected chi connectivity index (χ3v) is 9.43. The van der Waals surface area contributed by atoms with Crippen molar-refractivity contribution in [3.05, 3.63) is 66.2 Å². The molecule has 210 valence electrons. The molecular weight excluding hydrogens is 546 g/mol. The van der Waals surface area contributed by atoms with Crippen LogP contribution < -0.4 is 23.8 Å². The van der Waals surface area contributed by atoms with Gasteiger partial charge >= 0.3 is 0 Å². The summed E-state index contributed by atoms with van der Waals surface area (Å²) in [4.78, 5) is 13.1. The molecule has 0 aliphatic heterocycles. The predicted molar refractivity (Wildman–Crippen MR) is 148 cm³/mol. The van der Waals surface area contributed by atoms with Crippen LogP contribution in [0.5, 0.6) is 17.2 Å². The first-order chi connectivity index (χ1) is 18.3. The van der Waals surface area contributed by atoms with Crippen LogP contribution in [0.2, 0.25) is 0 Å². The molecule has 0 saturated carbocycles. The van der Waals surface area contributed by atoms with E-state index in [-0.39, 0.29) is 26.9 Å². The molecule has 0 aliphatic rings. The normalized spacial score (nSPS) is 11.7. The van der Waals surface area contributed by atoms with Gasteiger partial charge in [-0.3, -0.25) is 9.10 Å². The Hall–Kier alpha value is -3.81. The summed E-state index contributed by atoms with van der Waals surface area (Å²) >= 11 is 0. The molecule has 0 radical (unpaired) electrons. The molecule has 11 nitrogen and oxygen atoms in total. The molecule has 3 aromatic carbocycles. The van der Waals surface area contributed by atoms with Crippen LogP contribution in [0, 0.1) is 6.92 Å². The Labute approximate surface area is 229 Å². The number of carbonyl (C=O) groups is 1.